The zero-order valence-corrected chi connectivity index (χ0v) is 15.0. The number of allylic oxidation sites excluding steroid dienone is 1. The molecule has 0 radical (unpaired) electrons. The van der Waals surface area contributed by atoms with Crippen LogP contribution in [-0.4, -0.2) is 12.2 Å². The molecule has 1 amide bonds. The molecule has 1 atom stereocenters. The molecule has 2 rings (SSSR count). The van der Waals surface area contributed by atoms with Gasteiger partial charge in [0.25, 0.3) is 0 Å². The average Bonchev–Trinajstić information content (AvgIpc) is 2.42. The Labute approximate surface area is 152 Å². The van der Waals surface area contributed by atoms with Crippen molar-refractivity contribution in [2.45, 2.75) is 53.1 Å². The quantitative estimate of drug-likeness (QED) is 0.636. The molecule has 1 aromatic rings. The number of para-hydroxylation sites is 1. The van der Waals surface area contributed by atoms with Crippen molar-refractivity contribution in [1.29, 1.82) is 0 Å². The first-order valence-corrected chi connectivity index (χ1v) is 8.04. The van der Waals surface area contributed by atoms with Gasteiger partial charge < -0.3 is 10.1 Å². The minimum atomic E-state index is -0.495. The number of carbonyl (C=O) groups excluding carboxylic acids is 1. The largest absolute Gasteiger partial charge is 1.00 e. The minimum absolute atomic E-state index is 0. The first kappa shape index (κ1) is 19.9. The molecule has 1 unspecified atom stereocenters. The Morgan fingerprint density at radius 2 is 1.96 bits per heavy atom. The SMILES string of the molecule is CC(C)/C=C1\CC(C)(C)CCC1OC(=O)[N-]c1ccccc1.[Li+]. The molecule has 0 saturated heterocycles. The molecule has 0 heterocycles. The predicted molar refractivity (Wildman–Crippen MR) is 90.3 cm³/mol. The number of amides is 1. The second kappa shape index (κ2) is 8.62. The number of hydrogen-bond acceptors (Lipinski definition) is 2. The van der Waals surface area contributed by atoms with Crippen LogP contribution in [0.1, 0.15) is 47.0 Å². The standard InChI is InChI=1S/C19H27NO2.Li/c1-14(2)12-15-13-19(3,4)11-10-17(15)22-18(21)20-16-8-6-5-7-9-16;/h5-9,12,14,17H,10-11,13H2,1-4H3,(H,20,21);/q;+1/p-1/b15-12+;. The average molecular weight is 307 g/mol. The summed E-state index contributed by atoms with van der Waals surface area (Å²) in [5.41, 5.74) is 2.15. The number of carbonyl (C=O) groups is 1. The molecule has 3 nitrogen and oxygen atoms in total. The normalized spacial score (nSPS) is 21.6. The van der Waals surface area contributed by atoms with Gasteiger partial charge in [-0.15, -0.1) is 5.69 Å². The summed E-state index contributed by atoms with van der Waals surface area (Å²) in [7, 11) is 0. The van der Waals surface area contributed by atoms with Crippen LogP contribution in [0.2, 0.25) is 0 Å². The summed E-state index contributed by atoms with van der Waals surface area (Å²) in [6.07, 6.45) is 4.53. The maximum absolute atomic E-state index is 12.1. The third kappa shape index (κ3) is 6.45. The molecule has 0 aliphatic heterocycles. The van der Waals surface area contributed by atoms with E-state index in [0.717, 1.165) is 19.3 Å². The number of ether oxygens (including phenoxy) is 1. The summed E-state index contributed by atoms with van der Waals surface area (Å²) in [5, 5.41) is 4.01. The molecule has 120 valence electrons. The minimum Gasteiger partial charge on any atom is -0.591 e. The zero-order chi connectivity index (χ0) is 16.2. The van der Waals surface area contributed by atoms with E-state index < -0.39 is 6.09 Å². The van der Waals surface area contributed by atoms with Gasteiger partial charge in [-0.3, -0.25) is 4.79 Å². The third-order valence-corrected chi connectivity index (χ3v) is 3.95. The summed E-state index contributed by atoms with van der Waals surface area (Å²) in [6, 6.07) is 9.22. The van der Waals surface area contributed by atoms with Crippen LogP contribution in [0.5, 0.6) is 0 Å². The summed E-state index contributed by atoms with van der Waals surface area (Å²) in [6.45, 7) is 8.85. The molecule has 4 heteroatoms. The Hall–Kier alpha value is -1.17. The zero-order valence-electron chi connectivity index (χ0n) is 15.0. The van der Waals surface area contributed by atoms with Crippen molar-refractivity contribution in [2.24, 2.45) is 11.3 Å². The second-order valence-electron chi connectivity index (χ2n) is 7.19. The molecule has 23 heavy (non-hydrogen) atoms. The number of nitrogens with zero attached hydrogens (tertiary/aromatic N) is 1. The Kier molecular flexibility index (Phi) is 7.44. The smallest absolute Gasteiger partial charge is 0.591 e. The molecular weight excluding hydrogens is 281 g/mol. The summed E-state index contributed by atoms with van der Waals surface area (Å²) < 4.78 is 5.63. The van der Waals surface area contributed by atoms with E-state index in [0.29, 0.717) is 11.6 Å². The Morgan fingerprint density at radius 1 is 1.30 bits per heavy atom. The van der Waals surface area contributed by atoms with Gasteiger partial charge in [-0.2, -0.15) is 0 Å². The van der Waals surface area contributed by atoms with Crippen LogP contribution in [0.15, 0.2) is 42.0 Å². The van der Waals surface area contributed by atoms with Crippen molar-refractivity contribution < 1.29 is 28.4 Å². The van der Waals surface area contributed by atoms with Crippen molar-refractivity contribution in [1.82, 2.24) is 0 Å². The van der Waals surface area contributed by atoms with E-state index in [9.17, 15) is 4.79 Å². The topological polar surface area (TPSA) is 40.4 Å². The molecule has 1 aromatic carbocycles. The molecule has 1 aliphatic rings. The van der Waals surface area contributed by atoms with Gasteiger partial charge in [0.1, 0.15) is 6.10 Å². The van der Waals surface area contributed by atoms with Crippen molar-refractivity contribution >= 4 is 11.8 Å². The van der Waals surface area contributed by atoms with Crippen LogP contribution in [0.25, 0.3) is 5.32 Å². The second-order valence-corrected chi connectivity index (χ2v) is 7.19. The van der Waals surface area contributed by atoms with Crippen LogP contribution < -0.4 is 18.9 Å². The predicted octanol–water partition coefficient (Wildman–Crippen LogP) is 2.99. The number of hydrogen-bond donors (Lipinski definition) is 0. The van der Waals surface area contributed by atoms with Crippen LogP contribution in [0, 0.1) is 11.3 Å². The van der Waals surface area contributed by atoms with Crippen molar-refractivity contribution in [3.8, 4) is 0 Å². The first-order valence-electron chi connectivity index (χ1n) is 8.04. The van der Waals surface area contributed by atoms with E-state index in [2.05, 4.69) is 39.1 Å². The monoisotopic (exact) mass is 307 g/mol. The van der Waals surface area contributed by atoms with E-state index in [1.807, 2.05) is 18.2 Å². The van der Waals surface area contributed by atoms with Gasteiger partial charge in [-0.25, -0.2) is 0 Å². The van der Waals surface area contributed by atoms with Crippen molar-refractivity contribution in [3.05, 3.63) is 47.3 Å². The van der Waals surface area contributed by atoms with E-state index in [-0.39, 0.29) is 30.4 Å². The first-order chi connectivity index (χ1) is 10.4. The molecule has 0 spiro atoms. The van der Waals surface area contributed by atoms with Gasteiger partial charge in [0, 0.05) is 0 Å². The number of benzene rings is 1. The Balaban J connectivity index is 0.00000264. The molecule has 1 saturated carbocycles. The fraction of sp³-hybridized carbons (Fsp3) is 0.526. The van der Waals surface area contributed by atoms with Gasteiger partial charge >= 0.3 is 18.9 Å². The Bertz CT molecular complexity index is 538. The van der Waals surface area contributed by atoms with Crippen LogP contribution in [0.4, 0.5) is 10.5 Å². The van der Waals surface area contributed by atoms with Crippen molar-refractivity contribution in [3.63, 3.8) is 0 Å². The van der Waals surface area contributed by atoms with E-state index in [4.69, 9.17) is 4.74 Å². The van der Waals surface area contributed by atoms with Gasteiger partial charge in [0.2, 0.25) is 6.09 Å². The maximum atomic E-state index is 12.1. The van der Waals surface area contributed by atoms with Crippen molar-refractivity contribution in [2.75, 3.05) is 0 Å². The number of rotatable bonds is 3. The van der Waals surface area contributed by atoms with Gasteiger partial charge in [-0.1, -0.05) is 64.1 Å². The molecule has 1 fully saturated rings. The molecule has 0 aromatic heterocycles. The van der Waals surface area contributed by atoms with E-state index >= 15 is 0 Å². The van der Waals surface area contributed by atoms with Crippen LogP contribution >= 0.6 is 0 Å². The fourth-order valence-electron chi connectivity index (χ4n) is 2.95. The van der Waals surface area contributed by atoms with E-state index in [1.54, 1.807) is 12.1 Å². The Morgan fingerprint density at radius 3 is 2.57 bits per heavy atom. The van der Waals surface area contributed by atoms with Gasteiger partial charge in [0.15, 0.2) is 0 Å². The molecule has 0 bridgehead atoms. The molecular formula is C19H26LiNO2. The fourth-order valence-corrected chi connectivity index (χ4v) is 2.95. The summed E-state index contributed by atoms with van der Waals surface area (Å²) >= 11 is 0. The van der Waals surface area contributed by atoms with Crippen LogP contribution in [-0.2, 0) is 4.74 Å². The summed E-state index contributed by atoms with van der Waals surface area (Å²) in [5.74, 6) is 0.455. The third-order valence-electron chi connectivity index (χ3n) is 3.95. The summed E-state index contributed by atoms with van der Waals surface area (Å²) in [4.78, 5) is 12.1. The maximum Gasteiger partial charge on any atom is 1.00 e. The van der Waals surface area contributed by atoms with E-state index in [1.165, 1.54) is 5.57 Å². The molecule has 0 N–H and O–H groups in total. The molecule has 1 aliphatic carbocycles. The van der Waals surface area contributed by atoms with Gasteiger partial charge in [0.05, 0.1) is 0 Å². The van der Waals surface area contributed by atoms with Gasteiger partial charge in [-0.05, 0) is 36.2 Å². The van der Waals surface area contributed by atoms with Crippen LogP contribution in [0.3, 0.4) is 0 Å².